The number of ether oxygens (including phenoxy) is 1. The summed E-state index contributed by atoms with van der Waals surface area (Å²) in [5, 5.41) is 3.00. The first kappa shape index (κ1) is 20.6. The number of carbonyl (C=O) groups excluding carboxylic acids is 2. The standard InChI is InChI=1S/C26H29N3O3/c1-17-14-23(32-22-4-3-5-22)10-11-24(17)26(31)27-20-6-8-21(9-7-20)29-13-12-19-15-28(18(2)30)16-25(19)29/h6-11,14,16,19,22H,3-5,12-13,15H2,1-2H3,(H,27,31). The van der Waals surface area contributed by atoms with Crippen molar-refractivity contribution >= 4 is 23.2 Å². The Morgan fingerprint density at radius 3 is 2.50 bits per heavy atom. The normalized spacial score (nSPS) is 19.9. The number of hydrogen-bond acceptors (Lipinski definition) is 4. The lowest BCUT2D eigenvalue weighted by molar-refractivity contribution is -0.126. The Kier molecular flexibility index (Phi) is 5.37. The number of nitrogens with zero attached hydrogens (tertiary/aromatic N) is 2. The summed E-state index contributed by atoms with van der Waals surface area (Å²) in [5.41, 5.74) is 4.60. The van der Waals surface area contributed by atoms with E-state index >= 15 is 0 Å². The molecular weight excluding hydrogens is 402 g/mol. The summed E-state index contributed by atoms with van der Waals surface area (Å²) < 4.78 is 5.93. The van der Waals surface area contributed by atoms with Crippen LogP contribution in [0.2, 0.25) is 0 Å². The fraction of sp³-hybridized carbons (Fsp3) is 0.385. The topological polar surface area (TPSA) is 61.9 Å². The summed E-state index contributed by atoms with van der Waals surface area (Å²) in [6.07, 6.45) is 6.81. The minimum Gasteiger partial charge on any atom is -0.490 e. The predicted molar refractivity (Wildman–Crippen MR) is 125 cm³/mol. The van der Waals surface area contributed by atoms with Gasteiger partial charge in [-0.05, 0) is 80.6 Å². The first-order valence-corrected chi connectivity index (χ1v) is 11.4. The third-order valence-electron chi connectivity index (χ3n) is 6.78. The second-order valence-corrected chi connectivity index (χ2v) is 9.01. The number of fused-ring (bicyclic) bond motifs is 1. The fourth-order valence-electron chi connectivity index (χ4n) is 4.66. The summed E-state index contributed by atoms with van der Waals surface area (Å²) >= 11 is 0. The monoisotopic (exact) mass is 431 g/mol. The van der Waals surface area contributed by atoms with Crippen molar-refractivity contribution in [3.63, 3.8) is 0 Å². The van der Waals surface area contributed by atoms with Crippen molar-refractivity contribution in [3.8, 4) is 5.75 Å². The Labute approximate surface area is 188 Å². The average Bonchev–Trinajstić information content (AvgIpc) is 3.32. The highest BCUT2D eigenvalue weighted by molar-refractivity contribution is 6.05. The molecule has 1 aliphatic carbocycles. The molecule has 2 fully saturated rings. The van der Waals surface area contributed by atoms with Gasteiger partial charge in [0.1, 0.15) is 5.75 Å². The summed E-state index contributed by atoms with van der Waals surface area (Å²) in [4.78, 5) is 28.6. The van der Waals surface area contributed by atoms with Gasteiger partial charge in [0.2, 0.25) is 5.91 Å². The largest absolute Gasteiger partial charge is 0.490 e. The zero-order chi connectivity index (χ0) is 22.2. The zero-order valence-electron chi connectivity index (χ0n) is 18.6. The first-order valence-electron chi connectivity index (χ1n) is 11.4. The van der Waals surface area contributed by atoms with Crippen molar-refractivity contribution in [1.82, 2.24) is 4.90 Å². The molecule has 1 unspecified atom stereocenters. The minimum atomic E-state index is -0.123. The molecule has 1 N–H and O–H groups in total. The maximum atomic E-state index is 12.8. The van der Waals surface area contributed by atoms with Crippen LogP contribution in [0.5, 0.6) is 5.75 Å². The number of carbonyl (C=O) groups is 2. The molecule has 0 spiro atoms. The SMILES string of the molecule is CC(=O)N1C=C2C(CCN2c2ccc(NC(=O)c3ccc(OC4CCC4)cc3C)cc2)C1. The van der Waals surface area contributed by atoms with E-state index < -0.39 is 0 Å². The van der Waals surface area contributed by atoms with E-state index in [1.807, 2.05) is 55.6 Å². The van der Waals surface area contributed by atoms with Crippen LogP contribution in [0.25, 0.3) is 0 Å². The molecule has 6 nitrogen and oxygen atoms in total. The fourth-order valence-corrected chi connectivity index (χ4v) is 4.66. The van der Waals surface area contributed by atoms with Crippen LogP contribution in [0.15, 0.2) is 54.4 Å². The van der Waals surface area contributed by atoms with Crippen LogP contribution in [0.3, 0.4) is 0 Å². The van der Waals surface area contributed by atoms with Crippen molar-refractivity contribution in [2.24, 2.45) is 5.92 Å². The molecule has 0 radical (unpaired) electrons. The molecule has 3 aliphatic rings. The van der Waals surface area contributed by atoms with Gasteiger partial charge in [0.25, 0.3) is 5.91 Å². The number of benzene rings is 2. The molecule has 32 heavy (non-hydrogen) atoms. The molecule has 166 valence electrons. The number of anilines is 2. The lowest BCUT2D eigenvalue weighted by Crippen LogP contribution is -2.24. The second kappa shape index (κ2) is 8.34. The molecule has 2 aromatic rings. The Hall–Kier alpha value is -3.28. The molecule has 1 atom stereocenters. The third kappa shape index (κ3) is 3.97. The van der Waals surface area contributed by atoms with Crippen LogP contribution in [-0.4, -0.2) is 35.9 Å². The van der Waals surface area contributed by atoms with Crippen molar-refractivity contribution < 1.29 is 14.3 Å². The van der Waals surface area contributed by atoms with Gasteiger partial charge in [0.15, 0.2) is 0 Å². The smallest absolute Gasteiger partial charge is 0.255 e. The molecule has 2 heterocycles. The van der Waals surface area contributed by atoms with E-state index in [2.05, 4.69) is 10.2 Å². The van der Waals surface area contributed by atoms with Gasteiger partial charge >= 0.3 is 0 Å². The van der Waals surface area contributed by atoms with Crippen LogP contribution in [0.1, 0.15) is 48.5 Å². The molecule has 2 aliphatic heterocycles. The molecule has 1 saturated heterocycles. The van der Waals surface area contributed by atoms with Gasteiger partial charge in [0, 0.05) is 54.8 Å². The second-order valence-electron chi connectivity index (χ2n) is 9.01. The molecule has 5 rings (SSSR count). The van der Waals surface area contributed by atoms with E-state index in [1.165, 1.54) is 12.1 Å². The Morgan fingerprint density at radius 2 is 1.84 bits per heavy atom. The number of hydrogen-bond donors (Lipinski definition) is 1. The molecule has 2 amide bonds. The van der Waals surface area contributed by atoms with Crippen LogP contribution < -0.4 is 15.0 Å². The molecule has 6 heteroatoms. The highest BCUT2D eigenvalue weighted by atomic mass is 16.5. The van der Waals surface area contributed by atoms with Gasteiger partial charge in [-0.3, -0.25) is 9.59 Å². The van der Waals surface area contributed by atoms with E-state index in [9.17, 15) is 9.59 Å². The van der Waals surface area contributed by atoms with Crippen LogP contribution in [-0.2, 0) is 4.79 Å². The van der Waals surface area contributed by atoms with Gasteiger partial charge in [0.05, 0.1) is 6.10 Å². The Bertz CT molecular complexity index is 1070. The maximum absolute atomic E-state index is 12.8. The zero-order valence-corrected chi connectivity index (χ0v) is 18.6. The number of amides is 2. The summed E-state index contributed by atoms with van der Waals surface area (Å²) in [6.45, 7) is 5.27. The lowest BCUT2D eigenvalue weighted by Gasteiger charge is -2.26. The number of aryl methyl sites for hydroxylation is 1. The van der Waals surface area contributed by atoms with Crippen LogP contribution in [0.4, 0.5) is 11.4 Å². The quantitative estimate of drug-likeness (QED) is 0.745. The van der Waals surface area contributed by atoms with Crippen molar-refractivity contribution in [2.75, 3.05) is 23.3 Å². The minimum absolute atomic E-state index is 0.0860. The Balaban J connectivity index is 1.24. The Morgan fingerprint density at radius 1 is 1.06 bits per heavy atom. The van der Waals surface area contributed by atoms with Crippen molar-refractivity contribution in [1.29, 1.82) is 0 Å². The molecule has 2 aromatic carbocycles. The van der Waals surface area contributed by atoms with Gasteiger partial charge in [-0.25, -0.2) is 0 Å². The number of rotatable bonds is 5. The van der Waals surface area contributed by atoms with E-state index in [0.717, 1.165) is 55.0 Å². The third-order valence-corrected chi connectivity index (χ3v) is 6.78. The predicted octanol–water partition coefficient (Wildman–Crippen LogP) is 4.71. The van der Waals surface area contributed by atoms with E-state index in [0.29, 0.717) is 17.6 Å². The average molecular weight is 432 g/mol. The van der Waals surface area contributed by atoms with Gasteiger partial charge in [-0.1, -0.05) is 0 Å². The molecule has 0 aromatic heterocycles. The van der Waals surface area contributed by atoms with Crippen LogP contribution >= 0.6 is 0 Å². The van der Waals surface area contributed by atoms with E-state index in [-0.39, 0.29) is 11.8 Å². The van der Waals surface area contributed by atoms with Gasteiger partial charge in [-0.2, -0.15) is 0 Å². The van der Waals surface area contributed by atoms with Crippen molar-refractivity contribution in [3.05, 3.63) is 65.5 Å². The summed E-state index contributed by atoms with van der Waals surface area (Å²) in [7, 11) is 0. The first-order chi connectivity index (χ1) is 15.5. The molecule has 1 saturated carbocycles. The van der Waals surface area contributed by atoms with Gasteiger partial charge in [-0.15, -0.1) is 0 Å². The number of nitrogens with one attached hydrogen (secondary N) is 1. The lowest BCUT2D eigenvalue weighted by atomic mass is 9.96. The van der Waals surface area contributed by atoms with E-state index in [1.54, 1.807) is 11.8 Å². The van der Waals surface area contributed by atoms with Gasteiger partial charge < -0.3 is 19.9 Å². The van der Waals surface area contributed by atoms with E-state index in [4.69, 9.17) is 4.74 Å². The summed E-state index contributed by atoms with van der Waals surface area (Å²) in [5.74, 6) is 1.21. The van der Waals surface area contributed by atoms with Crippen LogP contribution in [0, 0.1) is 12.8 Å². The maximum Gasteiger partial charge on any atom is 0.255 e. The molecule has 0 bridgehead atoms. The van der Waals surface area contributed by atoms with Crippen molar-refractivity contribution in [2.45, 2.75) is 45.6 Å². The molecular formula is C26H29N3O3. The summed E-state index contributed by atoms with van der Waals surface area (Å²) in [6, 6.07) is 13.6. The highest BCUT2D eigenvalue weighted by Gasteiger charge is 2.35. The highest BCUT2D eigenvalue weighted by Crippen LogP contribution is 2.37.